The van der Waals surface area contributed by atoms with Gasteiger partial charge in [-0.2, -0.15) is 0 Å². The van der Waals surface area contributed by atoms with Gasteiger partial charge < -0.3 is 5.11 Å². The summed E-state index contributed by atoms with van der Waals surface area (Å²) in [6.45, 7) is 18.8. The van der Waals surface area contributed by atoms with E-state index in [9.17, 15) is 0 Å². The summed E-state index contributed by atoms with van der Waals surface area (Å²) in [4.78, 5) is 0. The molecule has 0 aliphatic carbocycles. The number of hydrogen-bond acceptors (Lipinski definition) is 1. The highest BCUT2D eigenvalue weighted by Gasteiger charge is 1.86. The Morgan fingerprint density at radius 3 is 0.400 bits per heavy atom. The first-order chi connectivity index (χ1) is 31.5. The number of hydrogen-bond donors (Lipinski definition) is 1. The molecule has 0 radical (unpaired) electrons. The molecule has 0 spiro atoms. The van der Waals surface area contributed by atoms with Crippen LogP contribution >= 0.6 is 0 Å². The second-order valence-corrected chi connectivity index (χ2v) is 15.4. The normalized spacial score (nSPS) is 8.83. The summed E-state index contributed by atoms with van der Waals surface area (Å²) in [7, 11) is 0. The zero-order chi connectivity index (χ0) is 47.6. The Labute approximate surface area is 394 Å². The summed E-state index contributed by atoms with van der Waals surface area (Å²) >= 11 is 0. The predicted molar refractivity (Wildman–Crippen MR) is 287 cm³/mol. The molecule has 0 fully saturated rings. The molecule has 9 rings (SSSR count). The van der Waals surface area contributed by atoms with Gasteiger partial charge in [-0.1, -0.05) is 317 Å². The molecule has 0 unspecified atom stereocenters. The summed E-state index contributed by atoms with van der Waals surface area (Å²) in [5.41, 5.74) is 12.8. The number of aliphatic hydroxyl groups excluding tert-OH is 1. The van der Waals surface area contributed by atoms with E-state index in [-0.39, 0.29) is 6.61 Å². The summed E-state index contributed by atoms with van der Waals surface area (Å²) in [5, 5.41) is 8.63. The number of aliphatic hydroxyl groups is 1. The van der Waals surface area contributed by atoms with Gasteiger partial charge in [0.1, 0.15) is 0 Å². The van der Waals surface area contributed by atoms with Crippen LogP contribution in [0.5, 0.6) is 0 Å². The van der Waals surface area contributed by atoms with E-state index in [4.69, 9.17) is 5.11 Å². The van der Waals surface area contributed by atoms with Gasteiger partial charge in [0, 0.05) is 0 Å². The van der Waals surface area contributed by atoms with Gasteiger partial charge in [-0.25, -0.2) is 0 Å². The van der Waals surface area contributed by atoms with E-state index in [2.05, 4.69) is 152 Å². The molecule has 0 heterocycles. The van der Waals surface area contributed by atoms with Crippen LogP contribution in [0.1, 0.15) is 55.6 Å². The Kier molecular flexibility index (Phi) is 33.2. The smallest absolute Gasteiger partial charge is 0.0681 e. The molecule has 0 bridgehead atoms. The van der Waals surface area contributed by atoms with Gasteiger partial charge in [-0.3, -0.25) is 0 Å². The fraction of sp³-hybridized carbons (Fsp3) is 0.156. The highest BCUT2D eigenvalue weighted by molar-refractivity contribution is 5.21. The van der Waals surface area contributed by atoms with Gasteiger partial charge in [0.2, 0.25) is 0 Å². The maximum absolute atomic E-state index is 8.63. The summed E-state index contributed by atoms with van der Waals surface area (Å²) in [6, 6.07) is 89.9. The van der Waals surface area contributed by atoms with Gasteiger partial charge in [0.25, 0.3) is 0 Å². The van der Waals surface area contributed by atoms with Crippen molar-refractivity contribution in [3.05, 3.63) is 323 Å². The minimum absolute atomic E-state index is 0.139. The quantitative estimate of drug-likeness (QED) is 0.174. The lowest BCUT2D eigenvalue weighted by Crippen LogP contribution is -1.80. The molecule has 65 heavy (non-hydrogen) atoms. The fourth-order valence-electron chi connectivity index (χ4n) is 4.97. The fourth-order valence-corrected chi connectivity index (χ4v) is 4.97. The van der Waals surface area contributed by atoms with Crippen LogP contribution in [0.15, 0.2) is 267 Å². The van der Waals surface area contributed by atoms with Crippen molar-refractivity contribution in [2.45, 2.75) is 68.9 Å². The van der Waals surface area contributed by atoms with Crippen molar-refractivity contribution >= 4 is 0 Å². The second-order valence-electron chi connectivity index (χ2n) is 15.4. The van der Waals surface area contributed by atoms with Crippen LogP contribution in [0.4, 0.5) is 0 Å². The molecule has 0 aliphatic heterocycles. The molecule has 9 aromatic carbocycles. The molecule has 1 heteroatoms. The molecule has 9 aromatic rings. The van der Waals surface area contributed by atoms with Crippen molar-refractivity contribution in [1.82, 2.24) is 0 Å². The first-order valence-corrected chi connectivity index (χ1v) is 22.3. The van der Waals surface area contributed by atoms with Crippen LogP contribution in [0.25, 0.3) is 0 Å². The van der Waals surface area contributed by atoms with Gasteiger partial charge >= 0.3 is 0 Å². The summed E-state index contributed by atoms with van der Waals surface area (Å²) in [6.07, 6.45) is 0. The third-order valence-electron chi connectivity index (χ3n) is 8.83. The first kappa shape index (κ1) is 56.0. The van der Waals surface area contributed by atoms with Crippen molar-refractivity contribution < 1.29 is 5.11 Å². The Morgan fingerprint density at radius 1 is 0.185 bits per heavy atom. The average Bonchev–Trinajstić information content (AvgIpc) is 3.33. The van der Waals surface area contributed by atoms with Gasteiger partial charge in [0.15, 0.2) is 0 Å². The zero-order valence-corrected chi connectivity index (χ0v) is 40.6. The third kappa shape index (κ3) is 36.2. The van der Waals surface area contributed by atoms with Crippen LogP contribution < -0.4 is 0 Å². The molecular formula is C64H74O. The minimum Gasteiger partial charge on any atom is -0.392 e. The van der Waals surface area contributed by atoms with Gasteiger partial charge in [-0.15, -0.1) is 0 Å². The van der Waals surface area contributed by atoms with Crippen LogP contribution in [-0.2, 0) is 6.61 Å². The Morgan fingerprint density at radius 2 is 0.308 bits per heavy atom. The predicted octanol–water partition coefficient (Wildman–Crippen LogP) is 17.4. The maximum Gasteiger partial charge on any atom is 0.0681 e. The SMILES string of the molecule is Cc1ccc(CO)cc1.Cc1ccccc1.Cc1ccccc1.Cc1ccccc1.Cc1ccccc1.Cc1ccccc1.Cc1ccccc1.Cc1ccccc1.Cc1ccccc1. The van der Waals surface area contributed by atoms with E-state index in [1.807, 2.05) is 177 Å². The van der Waals surface area contributed by atoms with Crippen molar-refractivity contribution in [1.29, 1.82) is 0 Å². The Bertz CT molecular complexity index is 1860. The van der Waals surface area contributed by atoms with Crippen molar-refractivity contribution in [2.75, 3.05) is 0 Å². The van der Waals surface area contributed by atoms with E-state index >= 15 is 0 Å². The average molecular weight is 859 g/mol. The van der Waals surface area contributed by atoms with Crippen molar-refractivity contribution in [3.63, 3.8) is 0 Å². The molecule has 0 saturated heterocycles. The standard InChI is InChI=1S/C8H10O.8C7H8/c1-7-2-4-8(6-9)5-3-7;8*1-7-5-3-2-4-6-7/h2-5,9H,6H2,1H3;8*2-6H,1H3. The maximum atomic E-state index is 8.63. The molecule has 0 amide bonds. The van der Waals surface area contributed by atoms with Crippen molar-refractivity contribution in [3.8, 4) is 0 Å². The highest BCUT2D eigenvalue weighted by atomic mass is 16.3. The largest absolute Gasteiger partial charge is 0.392 e. The summed E-state index contributed by atoms with van der Waals surface area (Å²) in [5.74, 6) is 0. The molecular weight excluding hydrogens is 785 g/mol. The lowest BCUT2D eigenvalue weighted by Gasteiger charge is -1.93. The minimum atomic E-state index is 0.139. The van der Waals surface area contributed by atoms with E-state index in [1.54, 1.807) is 0 Å². The molecule has 0 atom stereocenters. The zero-order valence-electron chi connectivity index (χ0n) is 40.6. The van der Waals surface area contributed by atoms with E-state index in [1.165, 1.54) is 50.1 Å². The Balaban J connectivity index is 0.000000366. The number of benzene rings is 9. The third-order valence-corrected chi connectivity index (χ3v) is 8.83. The van der Waals surface area contributed by atoms with Crippen LogP contribution in [0.3, 0.4) is 0 Å². The highest BCUT2D eigenvalue weighted by Crippen LogP contribution is 2.02. The molecule has 336 valence electrons. The molecule has 1 N–H and O–H groups in total. The molecule has 1 nitrogen and oxygen atoms in total. The second kappa shape index (κ2) is 38.6. The molecule has 0 aromatic heterocycles. The van der Waals surface area contributed by atoms with E-state index < -0.39 is 0 Å². The van der Waals surface area contributed by atoms with Crippen LogP contribution in [0, 0.1) is 62.3 Å². The molecule has 0 aliphatic rings. The first-order valence-electron chi connectivity index (χ1n) is 22.3. The van der Waals surface area contributed by atoms with E-state index in [0.717, 1.165) is 5.56 Å². The number of aryl methyl sites for hydroxylation is 9. The van der Waals surface area contributed by atoms with Crippen molar-refractivity contribution in [2.24, 2.45) is 0 Å². The lowest BCUT2D eigenvalue weighted by atomic mass is 10.2. The lowest BCUT2D eigenvalue weighted by molar-refractivity contribution is 0.282. The van der Waals surface area contributed by atoms with Crippen LogP contribution in [-0.4, -0.2) is 5.11 Å². The van der Waals surface area contributed by atoms with Crippen LogP contribution in [0.2, 0.25) is 0 Å². The Hall–Kier alpha value is -7.06. The number of rotatable bonds is 1. The summed E-state index contributed by atoms with van der Waals surface area (Å²) < 4.78 is 0. The van der Waals surface area contributed by atoms with Gasteiger partial charge in [0.05, 0.1) is 6.61 Å². The monoisotopic (exact) mass is 859 g/mol. The van der Waals surface area contributed by atoms with Gasteiger partial charge in [-0.05, 0) is 67.9 Å². The van der Waals surface area contributed by atoms with E-state index in [0.29, 0.717) is 0 Å². The molecule has 0 saturated carbocycles. The topological polar surface area (TPSA) is 20.2 Å².